The lowest BCUT2D eigenvalue weighted by Gasteiger charge is -2.20. The molecule has 96 valence electrons. The number of rotatable bonds is 5. The second-order valence-corrected chi connectivity index (χ2v) is 5.94. The fraction of sp³-hybridized carbons (Fsp3) is 0.769. The molecule has 0 unspecified atom stereocenters. The van der Waals surface area contributed by atoms with Crippen LogP contribution in [0.4, 0.5) is 0 Å². The van der Waals surface area contributed by atoms with Crippen LogP contribution in [0, 0.1) is 0 Å². The first-order chi connectivity index (χ1) is 7.97. The van der Waals surface area contributed by atoms with Crippen LogP contribution in [0.5, 0.6) is 0 Å². The molecule has 1 N–H and O–H groups in total. The Hall–Kier alpha value is -1.03. The molecule has 1 heterocycles. The minimum absolute atomic E-state index is 0.156. The summed E-state index contributed by atoms with van der Waals surface area (Å²) in [5.74, 6) is 0. The Bertz CT molecular complexity index is 421. The molecule has 4 nitrogen and oxygen atoms in total. The summed E-state index contributed by atoms with van der Waals surface area (Å²) in [6.07, 6.45) is 7.16. The summed E-state index contributed by atoms with van der Waals surface area (Å²) in [6, 6.07) is 0.483. The molecule has 1 aliphatic rings. The lowest BCUT2D eigenvalue weighted by atomic mass is 10.1. The summed E-state index contributed by atoms with van der Waals surface area (Å²) in [5, 5.41) is 3.43. The van der Waals surface area contributed by atoms with Crippen LogP contribution in [0.25, 0.3) is 0 Å². The van der Waals surface area contributed by atoms with Gasteiger partial charge in [-0.05, 0) is 46.6 Å². The topological polar surface area (TPSA) is 39.0 Å². The minimum Gasteiger partial charge on any atom is -0.312 e. The Morgan fingerprint density at radius 1 is 1.35 bits per heavy atom. The summed E-state index contributed by atoms with van der Waals surface area (Å²) in [7, 11) is 0. The molecule has 1 aromatic heterocycles. The fourth-order valence-electron chi connectivity index (χ4n) is 1.94. The van der Waals surface area contributed by atoms with Gasteiger partial charge in [0.05, 0.1) is 0 Å². The predicted molar refractivity (Wildman–Crippen MR) is 69.3 cm³/mol. The van der Waals surface area contributed by atoms with Gasteiger partial charge in [-0.25, -0.2) is 4.79 Å². The molecule has 0 saturated heterocycles. The van der Waals surface area contributed by atoms with Gasteiger partial charge in [-0.1, -0.05) is 0 Å². The SMILES string of the molecule is CC(C)(C)NCCCn1ccn(C2CC2)c1=O. The molecule has 1 aliphatic carbocycles. The summed E-state index contributed by atoms with van der Waals surface area (Å²) >= 11 is 0. The molecular formula is C13H23N3O. The van der Waals surface area contributed by atoms with Crippen LogP contribution in [-0.4, -0.2) is 21.2 Å². The molecule has 4 heteroatoms. The first kappa shape index (κ1) is 12.4. The van der Waals surface area contributed by atoms with E-state index in [1.165, 1.54) is 0 Å². The van der Waals surface area contributed by atoms with E-state index in [9.17, 15) is 4.79 Å². The largest absolute Gasteiger partial charge is 0.328 e. The molecule has 0 atom stereocenters. The maximum Gasteiger partial charge on any atom is 0.328 e. The molecule has 1 saturated carbocycles. The Labute approximate surface area is 103 Å². The summed E-state index contributed by atoms with van der Waals surface area (Å²) in [4.78, 5) is 11.9. The van der Waals surface area contributed by atoms with Crippen LogP contribution in [0.2, 0.25) is 0 Å². The monoisotopic (exact) mass is 237 g/mol. The van der Waals surface area contributed by atoms with E-state index in [1.54, 1.807) is 0 Å². The number of imidazole rings is 1. The molecule has 0 radical (unpaired) electrons. The van der Waals surface area contributed by atoms with Crippen molar-refractivity contribution >= 4 is 0 Å². The van der Waals surface area contributed by atoms with E-state index in [0.29, 0.717) is 6.04 Å². The minimum atomic E-state index is 0.156. The molecule has 1 aromatic rings. The second-order valence-electron chi connectivity index (χ2n) is 5.94. The smallest absolute Gasteiger partial charge is 0.312 e. The molecule has 2 rings (SSSR count). The third kappa shape index (κ3) is 3.46. The van der Waals surface area contributed by atoms with Crippen molar-refractivity contribution in [3.63, 3.8) is 0 Å². The van der Waals surface area contributed by atoms with Gasteiger partial charge in [0.1, 0.15) is 0 Å². The van der Waals surface area contributed by atoms with Crippen molar-refractivity contribution in [3.05, 3.63) is 22.9 Å². The molecular weight excluding hydrogens is 214 g/mol. The maximum absolute atomic E-state index is 11.9. The van der Waals surface area contributed by atoms with E-state index < -0.39 is 0 Å². The van der Waals surface area contributed by atoms with E-state index in [2.05, 4.69) is 26.1 Å². The van der Waals surface area contributed by atoms with E-state index in [1.807, 2.05) is 21.5 Å². The van der Waals surface area contributed by atoms with Crippen molar-refractivity contribution < 1.29 is 0 Å². The number of hydrogen-bond donors (Lipinski definition) is 1. The van der Waals surface area contributed by atoms with Crippen molar-refractivity contribution in [2.45, 2.75) is 58.2 Å². The van der Waals surface area contributed by atoms with Gasteiger partial charge in [0.2, 0.25) is 0 Å². The average molecular weight is 237 g/mol. The highest BCUT2D eigenvalue weighted by Gasteiger charge is 2.25. The Balaban J connectivity index is 1.81. The van der Waals surface area contributed by atoms with Gasteiger partial charge in [-0.15, -0.1) is 0 Å². The quantitative estimate of drug-likeness (QED) is 0.793. The van der Waals surface area contributed by atoms with Crippen LogP contribution in [0.15, 0.2) is 17.2 Å². The number of hydrogen-bond acceptors (Lipinski definition) is 2. The summed E-state index contributed by atoms with van der Waals surface area (Å²) < 4.78 is 3.69. The van der Waals surface area contributed by atoms with Gasteiger partial charge in [-0.2, -0.15) is 0 Å². The average Bonchev–Trinajstić information content (AvgIpc) is 2.99. The Morgan fingerprint density at radius 3 is 2.65 bits per heavy atom. The molecule has 17 heavy (non-hydrogen) atoms. The molecule has 0 spiro atoms. The van der Waals surface area contributed by atoms with Crippen LogP contribution in [-0.2, 0) is 6.54 Å². The summed E-state index contributed by atoms with van der Waals surface area (Å²) in [6.45, 7) is 8.22. The molecule has 0 amide bonds. The van der Waals surface area contributed by atoms with Crippen LogP contribution in [0.3, 0.4) is 0 Å². The molecule has 1 fully saturated rings. The highest BCUT2D eigenvalue weighted by Crippen LogP contribution is 2.33. The number of aryl methyl sites for hydroxylation is 1. The van der Waals surface area contributed by atoms with Crippen molar-refractivity contribution in [3.8, 4) is 0 Å². The first-order valence-corrected chi connectivity index (χ1v) is 6.50. The van der Waals surface area contributed by atoms with Crippen molar-refractivity contribution in [2.75, 3.05) is 6.54 Å². The van der Waals surface area contributed by atoms with E-state index in [-0.39, 0.29) is 11.2 Å². The molecule has 0 aromatic carbocycles. The zero-order valence-electron chi connectivity index (χ0n) is 11.1. The Kier molecular flexibility index (Phi) is 3.43. The normalized spacial score (nSPS) is 16.4. The van der Waals surface area contributed by atoms with E-state index >= 15 is 0 Å². The van der Waals surface area contributed by atoms with Crippen LogP contribution in [0.1, 0.15) is 46.1 Å². The number of nitrogens with one attached hydrogen (secondary N) is 1. The highest BCUT2D eigenvalue weighted by atomic mass is 16.1. The summed E-state index contributed by atoms with van der Waals surface area (Å²) in [5.41, 5.74) is 0.313. The third-order valence-electron chi connectivity index (χ3n) is 3.05. The zero-order chi connectivity index (χ0) is 12.5. The van der Waals surface area contributed by atoms with Gasteiger partial charge in [0.15, 0.2) is 0 Å². The zero-order valence-corrected chi connectivity index (χ0v) is 11.1. The van der Waals surface area contributed by atoms with Crippen molar-refractivity contribution in [2.24, 2.45) is 0 Å². The highest BCUT2D eigenvalue weighted by molar-refractivity contribution is 4.91. The van der Waals surface area contributed by atoms with Gasteiger partial charge in [0, 0.05) is 30.5 Å². The number of nitrogens with zero attached hydrogens (tertiary/aromatic N) is 2. The predicted octanol–water partition coefficient (Wildman–Crippen LogP) is 1.76. The van der Waals surface area contributed by atoms with E-state index in [4.69, 9.17) is 0 Å². The van der Waals surface area contributed by atoms with Gasteiger partial charge >= 0.3 is 5.69 Å². The van der Waals surface area contributed by atoms with Crippen molar-refractivity contribution in [1.82, 2.24) is 14.5 Å². The molecule has 0 bridgehead atoms. The van der Waals surface area contributed by atoms with E-state index in [0.717, 1.165) is 32.4 Å². The van der Waals surface area contributed by atoms with Crippen LogP contribution >= 0.6 is 0 Å². The van der Waals surface area contributed by atoms with Gasteiger partial charge < -0.3 is 5.32 Å². The number of aromatic nitrogens is 2. The molecule has 0 aliphatic heterocycles. The fourth-order valence-corrected chi connectivity index (χ4v) is 1.94. The van der Waals surface area contributed by atoms with Gasteiger partial charge in [0.25, 0.3) is 0 Å². The second kappa shape index (κ2) is 4.69. The van der Waals surface area contributed by atoms with Crippen molar-refractivity contribution in [1.29, 1.82) is 0 Å². The van der Waals surface area contributed by atoms with Crippen LogP contribution < -0.4 is 11.0 Å². The third-order valence-corrected chi connectivity index (χ3v) is 3.05. The lowest BCUT2D eigenvalue weighted by molar-refractivity contribution is 0.412. The maximum atomic E-state index is 11.9. The first-order valence-electron chi connectivity index (χ1n) is 6.50. The van der Waals surface area contributed by atoms with Gasteiger partial charge in [-0.3, -0.25) is 9.13 Å². The standard InChI is InChI=1S/C13H23N3O/c1-13(2,3)14-7-4-8-15-9-10-16(12(15)17)11-5-6-11/h9-11,14H,4-8H2,1-3H3. The Morgan fingerprint density at radius 2 is 2.06 bits per heavy atom. The lowest BCUT2D eigenvalue weighted by Crippen LogP contribution is -2.37.